The van der Waals surface area contributed by atoms with Crippen molar-refractivity contribution in [1.82, 2.24) is 10.2 Å². The molecule has 1 aromatic heterocycles. The molecule has 4 rings (SSSR count). The van der Waals surface area contributed by atoms with Crippen molar-refractivity contribution in [1.29, 1.82) is 0 Å². The van der Waals surface area contributed by atoms with Crippen LogP contribution < -0.4 is 10.5 Å². The van der Waals surface area contributed by atoms with E-state index in [1.165, 1.54) is 0 Å². The molecule has 21 heavy (non-hydrogen) atoms. The van der Waals surface area contributed by atoms with Gasteiger partial charge in [-0.1, -0.05) is 23.7 Å². The van der Waals surface area contributed by atoms with E-state index in [0.717, 1.165) is 44.8 Å². The van der Waals surface area contributed by atoms with Crippen LogP contribution in [-0.2, 0) is 6.42 Å². The van der Waals surface area contributed by atoms with E-state index in [4.69, 9.17) is 22.1 Å². The molecule has 0 radical (unpaired) electrons. The molecular weight excluding hydrogens is 286 g/mol. The summed E-state index contributed by atoms with van der Waals surface area (Å²) in [6.07, 6.45) is 2.65. The fourth-order valence-electron chi connectivity index (χ4n) is 2.84. The van der Waals surface area contributed by atoms with Crippen molar-refractivity contribution in [3.63, 3.8) is 0 Å². The highest BCUT2D eigenvalue weighted by Gasteiger charge is 2.25. The third-order valence-electron chi connectivity index (χ3n) is 3.88. The molecule has 5 heteroatoms. The normalized spacial score (nSPS) is 17.0. The lowest BCUT2D eigenvalue weighted by molar-refractivity contribution is 0.242. The largest absolute Gasteiger partial charge is 0.488 e. The number of nitrogens with two attached hydrogens (primary N) is 1. The minimum absolute atomic E-state index is 0.0353. The minimum Gasteiger partial charge on any atom is -0.488 e. The maximum absolute atomic E-state index is 6.26. The van der Waals surface area contributed by atoms with Gasteiger partial charge >= 0.3 is 0 Å². The predicted octanol–water partition coefficient (Wildman–Crippen LogP) is 3.15. The van der Waals surface area contributed by atoms with Crippen LogP contribution in [0.25, 0.3) is 22.0 Å². The van der Waals surface area contributed by atoms with Crippen LogP contribution in [0.3, 0.4) is 0 Å². The Morgan fingerprint density at radius 3 is 3.10 bits per heavy atom. The van der Waals surface area contributed by atoms with Gasteiger partial charge in [0.15, 0.2) is 0 Å². The number of ether oxygens (including phenoxy) is 1. The van der Waals surface area contributed by atoms with E-state index < -0.39 is 0 Å². The highest BCUT2D eigenvalue weighted by molar-refractivity contribution is 6.31. The van der Waals surface area contributed by atoms with Crippen LogP contribution >= 0.6 is 11.6 Å². The monoisotopic (exact) mass is 299 g/mol. The van der Waals surface area contributed by atoms with Gasteiger partial charge in [-0.15, -0.1) is 0 Å². The smallest absolute Gasteiger partial charge is 0.131 e. The van der Waals surface area contributed by atoms with Crippen LogP contribution in [0.5, 0.6) is 5.75 Å². The molecule has 3 aromatic rings. The second kappa shape index (κ2) is 4.76. The van der Waals surface area contributed by atoms with E-state index in [2.05, 4.69) is 22.3 Å². The van der Waals surface area contributed by atoms with E-state index in [0.29, 0.717) is 6.54 Å². The van der Waals surface area contributed by atoms with Gasteiger partial charge in [0.25, 0.3) is 0 Å². The number of hydrogen-bond donors (Lipinski definition) is 2. The Balaban J connectivity index is 1.88. The zero-order valence-electron chi connectivity index (χ0n) is 11.3. The average Bonchev–Trinajstić information content (AvgIpc) is 3.11. The van der Waals surface area contributed by atoms with E-state index in [1.807, 2.05) is 24.4 Å². The molecule has 1 unspecified atom stereocenters. The number of aromatic amines is 1. The summed E-state index contributed by atoms with van der Waals surface area (Å²) >= 11 is 6.26. The number of rotatable bonds is 2. The molecular formula is C16H14ClN3O. The van der Waals surface area contributed by atoms with Gasteiger partial charge in [-0.05, 0) is 29.3 Å². The highest BCUT2D eigenvalue weighted by Crippen LogP contribution is 2.41. The maximum Gasteiger partial charge on any atom is 0.131 e. The second-order valence-corrected chi connectivity index (χ2v) is 5.73. The second-order valence-electron chi connectivity index (χ2n) is 5.29. The SMILES string of the molecule is NCC1Cc2cc(Cl)cc(-c3ccc4cn[nH]c4c3)c2O1. The molecule has 0 saturated heterocycles. The minimum atomic E-state index is 0.0353. The van der Waals surface area contributed by atoms with E-state index >= 15 is 0 Å². The Kier molecular flexibility index (Phi) is 2.87. The molecule has 0 fully saturated rings. The summed E-state index contributed by atoms with van der Waals surface area (Å²) in [5.74, 6) is 0.897. The van der Waals surface area contributed by atoms with Gasteiger partial charge < -0.3 is 10.5 Å². The Labute approximate surface area is 126 Å². The van der Waals surface area contributed by atoms with Gasteiger partial charge in [0.2, 0.25) is 0 Å². The molecule has 0 spiro atoms. The lowest BCUT2D eigenvalue weighted by Crippen LogP contribution is -2.24. The van der Waals surface area contributed by atoms with Crippen molar-refractivity contribution in [2.45, 2.75) is 12.5 Å². The third kappa shape index (κ3) is 2.07. The van der Waals surface area contributed by atoms with Gasteiger partial charge in [0.1, 0.15) is 11.9 Å². The zero-order valence-corrected chi connectivity index (χ0v) is 12.0. The molecule has 3 N–H and O–H groups in total. The molecule has 0 saturated carbocycles. The van der Waals surface area contributed by atoms with Crippen molar-refractivity contribution >= 4 is 22.5 Å². The highest BCUT2D eigenvalue weighted by atomic mass is 35.5. The van der Waals surface area contributed by atoms with Crippen LogP contribution in [0.4, 0.5) is 0 Å². The first-order valence-electron chi connectivity index (χ1n) is 6.87. The van der Waals surface area contributed by atoms with Crippen LogP contribution in [0, 0.1) is 0 Å². The Bertz CT molecular complexity index is 828. The molecule has 1 aliphatic heterocycles. The number of H-pyrrole nitrogens is 1. The summed E-state index contributed by atoms with van der Waals surface area (Å²) in [6.45, 7) is 0.505. The number of aromatic nitrogens is 2. The van der Waals surface area contributed by atoms with Gasteiger partial charge in [-0.25, -0.2) is 0 Å². The Morgan fingerprint density at radius 2 is 2.24 bits per heavy atom. The number of benzene rings is 2. The maximum atomic E-state index is 6.26. The lowest BCUT2D eigenvalue weighted by atomic mass is 10.00. The van der Waals surface area contributed by atoms with Crippen molar-refractivity contribution in [2.75, 3.05) is 6.54 Å². The van der Waals surface area contributed by atoms with Crippen molar-refractivity contribution < 1.29 is 4.74 Å². The molecule has 0 amide bonds. The first kappa shape index (κ1) is 12.7. The van der Waals surface area contributed by atoms with Crippen molar-refractivity contribution in [2.24, 2.45) is 5.73 Å². The predicted molar refractivity (Wildman–Crippen MR) is 83.7 cm³/mol. The first-order chi connectivity index (χ1) is 10.2. The Morgan fingerprint density at radius 1 is 1.33 bits per heavy atom. The fourth-order valence-corrected chi connectivity index (χ4v) is 3.09. The summed E-state index contributed by atoms with van der Waals surface area (Å²) in [4.78, 5) is 0. The average molecular weight is 300 g/mol. The fraction of sp³-hybridized carbons (Fsp3) is 0.188. The Hall–Kier alpha value is -2.04. The van der Waals surface area contributed by atoms with Crippen LogP contribution in [0.2, 0.25) is 5.02 Å². The number of nitrogens with zero attached hydrogens (tertiary/aromatic N) is 1. The summed E-state index contributed by atoms with van der Waals surface area (Å²) in [7, 11) is 0. The summed E-state index contributed by atoms with van der Waals surface area (Å²) in [6, 6.07) is 10.1. The van der Waals surface area contributed by atoms with Crippen LogP contribution in [-0.4, -0.2) is 22.8 Å². The lowest BCUT2D eigenvalue weighted by Gasteiger charge is -2.11. The van der Waals surface area contributed by atoms with Gasteiger partial charge in [-0.3, -0.25) is 5.10 Å². The van der Waals surface area contributed by atoms with Gasteiger partial charge in [0, 0.05) is 28.9 Å². The molecule has 2 aromatic carbocycles. The molecule has 1 aliphatic rings. The van der Waals surface area contributed by atoms with Gasteiger partial charge in [-0.2, -0.15) is 5.10 Å². The summed E-state index contributed by atoms with van der Waals surface area (Å²) in [5, 5.41) is 8.84. The third-order valence-corrected chi connectivity index (χ3v) is 4.10. The molecule has 2 heterocycles. The molecule has 0 bridgehead atoms. The first-order valence-corrected chi connectivity index (χ1v) is 7.25. The molecule has 1 atom stereocenters. The van der Waals surface area contributed by atoms with Crippen LogP contribution in [0.15, 0.2) is 36.5 Å². The standard InChI is InChI=1S/C16H14ClN3O/c17-12-3-11-4-13(7-18)21-16(11)14(6-12)9-1-2-10-8-19-20-15(10)5-9/h1-3,5-6,8,13H,4,7,18H2,(H,19,20). The zero-order chi connectivity index (χ0) is 14.4. The quantitative estimate of drug-likeness (QED) is 0.764. The number of hydrogen-bond acceptors (Lipinski definition) is 3. The summed E-state index contributed by atoms with van der Waals surface area (Å²) < 4.78 is 5.98. The van der Waals surface area contributed by atoms with E-state index in [-0.39, 0.29) is 6.10 Å². The van der Waals surface area contributed by atoms with Crippen molar-refractivity contribution in [3.8, 4) is 16.9 Å². The number of fused-ring (bicyclic) bond motifs is 2. The van der Waals surface area contributed by atoms with E-state index in [1.54, 1.807) is 0 Å². The molecule has 4 nitrogen and oxygen atoms in total. The topological polar surface area (TPSA) is 63.9 Å². The van der Waals surface area contributed by atoms with Crippen LogP contribution in [0.1, 0.15) is 5.56 Å². The van der Waals surface area contributed by atoms with Crippen molar-refractivity contribution in [3.05, 3.63) is 47.1 Å². The van der Waals surface area contributed by atoms with E-state index in [9.17, 15) is 0 Å². The van der Waals surface area contributed by atoms with Gasteiger partial charge in [0.05, 0.1) is 11.7 Å². The molecule has 0 aliphatic carbocycles. The number of halogens is 1. The summed E-state index contributed by atoms with van der Waals surface area (Å²) in [5.41, 5.74) is 9.91. The molecule has 106 valence electrons. The number of nitrogens with one attached hydrogen (secondary N) is 1.